The summed E-state index contributed by atoms with van der Waals surface area (Å²) < 4.78 is 0. The van der Waals surface area contributed by atoms with Crippen LogP contribution < -0.4 is 0 Å². The third-order valence-electron chi connectivity index (χ3n) is 2.20. The third-order valence-corrected chi connectivity index (χ3v) is 2.52. The van der Waals surface area contributed by atoms with E-state index in [9.17, 15) is 0 Å². The fraction of sp³-hybridized carbons (Fsp3) is 0.500. The van der Waals surface area contributed by atoms with Crippen LogP contribution in [-0.2, 0) is 18.6 Å². The van der Waals surface area contributed by atoms with Crippen LogP contribution in [0.25, 0.3) is 0 Å². The lowest BCUT2D eigenvalue weighted by Crippen LogP contribution is -1.83. The second-order valence-electron chi connectivity index (χ2n) is 2.78. The molecule has 0 aliphatic heterocycles. The molecule has 0 radical (unpaired) electrons. The molecule has 0 amide bonds. The second-order valence-corrected chi connectivity index (χ2v) is 3.10. The smallest absolute Gasteiger partial charge is 0.0308 e. The van der Waals surface area contributed by atoms with E-state index in [1.807, 2.05) is 0 Å². The summed E-state index contributed by atoms with van der Waals surface area (Å²) in [6, 6.07) is 0. The minimum Gasteiger partial charge on any atom is -0.364 e. The van der Waals surface area contributed by atoms with Crippen molar-refractivity contribution < 1.29 is 0 Å². The van der Waals surface area contributed by atoms with Gasteiger partial charge in [-0.05, 0) is 30.4 Å². The lowest BCUT2D eigenvalue weighted by atomic mass is 10.2. The molecule has 0 saturated carbocycles. The van der Waals surface area contributed by atoms with Gasteiger partial charge in [0.1, 0.15) is 0 Å². The van der Waals surface area contributed by atoms with Crippen molar-refractivity contribution in [3.05, 3.63) is 23.0 Å². The van der Waals surface area contributed by atoms with Crippen molar-refractivity contribution in [3.63, 3.8) is 0 Å². The topological polar surface area (TPSA) is 15.8 Å². The number of H-pyrrole nitrogens is 1. The molecule has 1 aliphatic rings. The minimum absolute atomic E-state index is 0.856. The Morgan fingerprint density at radius 1 is 1.50 bits per heavy atom. The monoisotopic (exact) mass is 153 g/mol. The Labute approximate surface area is 66.2 Å². The molecule has 0 bridgehead atoms. The molecular formula is C8H11NS. The standard InChI is InChI=1S/C8H11NS/c10-5-8-7-3-1-2-6(7)4-9-8/h4,9-10H,1-3,5H2. The van der Waals surface area contributed by atoms with E-state index in [1.165, 1.54) is 36.1 Å². The summed E-state index contributed by atoms with van der Waals surface area (Å²) >= 11 is 4.24. The minimum atomic E-state index is 0.856. The largest absolute Gasteiger partial charge is 0.364 e. The van der Waals surface area contributed by atoms with Crippen LogP contribution in [0.15, 0.2) is 6.20 Å². The lowest BCUT2D eigenvalue weighted by Gasteiger charge is -1.93. The molecule has 2 rings (SSSR count). The Kier molecular flexibility index (Phi) is 1.49. The Morgan fingerprint density at radius 2 is 2.40 bits per heavy atom. The van der Waals surface area contributed by atoms with Gasteiger partial charge in [-0.25, -0.2) is 0 Å². The molecule has 1 N–H and O–H groups in total. The Balaban J connectivity index is 2.44. The van der Waals surface area contributed by atoms with Gasteiger partial charge in [-0.2, -0.15) is 12.6 Å². The van der Waals surface area contributed by atoms with Gasteiger partial charge >= 0.3 is 0 Å². The quantitative estimate of drug-likeness (QED) is 0.573. The zero-order valence-electron chi connectivity index (χ0n) is 5.85. The van der Waals surface area contributed by atoms with Crippen molar-refractivity contribution in [1.82, 2.24) is 4.98 Å². The van der Waals surface area contributed by atoms with Crippen molar-refractivity contribution in [3.8, 4) is 0 Å². The predicted octanol–water partition coefficient (Wildman–Crippen LogP) is 1.93. The number of thiol groups is 1. The van der Waals surface area contributed by atoms with Crippen LogP contribution in [0.4, 0.5) is 0 Å². The highest BCUT2D eigenvalue weighted by atomic mass is 32.1. The van der Waals surface area contributed by atoms with Gasteiger partial charge < -0.3 is 4.98 Å². The molecule has 1 aromatic heterocycles. The normalized spacial score (nSPS) is 15.7. The van der Waals surface area contributed by atoms with Crippen LogP contribution in [-0.4, -0.2) is 4.98 Å². The molecule has 1 nitrogen and oxygen atoms in total. The summed E-state index contributed by atoms with van der Waals surface area (Å²) in [5, 5.41) is 0. The van der Waals surface area contributed by atoms with Crippen LogP contribution in [0.2, 0.25) is 0 Å². The number of hydrogen-bond acceptors (Lipinski definition) is 1. The maximum absolute atomic E-state index is 4.24. The van der Waals surface area contributed by atoms with E-state index < -0.39 is 0 Å². The summed E-state index contributed by atoms with van der Waals surface area (Å²) in [4.78, 5) is 3.25. The van der Waals surface area contributed by atoms with E-state index in [2.05, 4.69) is 23.8 Å². The maximum atomic E-state index is 4.24. The summed E-state index contributed by atoms with van der Waals surface area (Å²) in [6.07, 6.45) is 5.99. The number of nitrogens with one attached hydrogen (secondary N) is 1. The molecule has 2 heteroatoms. The molecule has 0 unspecified atom stereocenters. The van der Waals surface area contributed by atoms with Crippen molar-refractivity contribution in [2.75, 3.05) is 0 Å². The van der Waals surface area contributed by atoms with Crippen molar-refractivity contribution >= 4 is 12.6 Å². The molecule has 10 heavy (non-hydrogen) atoms. The first-order valence-electron chi connectivity index (χ1n) is 3.70. The molecule has 54 valence electrons. The zero-order chi connectivity index (χ0) is 6.97. The number of aryl methyl sites for hydroxylation is 1. The number of hydrogen-bond donors (Lipinski definition) is 2. The van der Waals surface area contributed by atoms with Crippen molar-refractivity contribution in [2.24, 2.45) is 0 Å². The fourth-order valence-corrected chi connectivity index (χ4v) is 1.96. The van der Waals surface area contributed by atoms with Gasteiger partial charge in [0.25, 0.3) is 0 Å². The van der Waals surface area contributed by atoms with Gasteiger partial charge in [-0.3, -0.25) is 0 Å². The average molecular weight is 153 g/mol. The molecule has 0 atom stereocenters. The van der Waals surface area contributed by atoms with Gasteiger partial charge in [0.2, 0.25) is 0 Å². The molecule has 1 aromatic rings. The summed E-state index contributed by atoms with van der Waals surface area (Å²) in [6.45, 7) is 0. The first kappa shape index (κ1) is 6.35. The van der Waals surface area contributed by atoms with E-state index in [1.54, 1.807) is 0 Å². The van der Waals surface area contributed by atoms with E-state index in [0.717, 1.165) is 5.75 Å². The fourth-order valence-electron chi connectivity index (χ4n) is 1.67. The van der Waals surface area contributed by atoms with Gasteiger partial charge in [-0.1, -0.05) is 0 Å². The van der Waals surface area contributed by atoms with Crippen molar-refractivity contribution in [2.45, 2.75) is 25.0 Å². The maximum Gasteiger partial charge on any atom is 0.0308 e. The van der Waals surface area contributed by atoms with Crippen LogP contribution >= 0.6 is 12.6 Å². The Morgan fingerprint density at radius 3 is 3.20 bits per heavy atom. The first-order valence-corrected chi connectivity index (χ1v) is 4.34. The highest BCUT2D eigenvalue weighted by Gasteiger charge is 2.14. The van der Waals surface area contributed by atoms with Crippen molar-refractivity contribution in [1.29, 1.82) is 0 Å². The number of rotatable bonds is 1. The van der Waals surface area contributed by atoms with Crippen LogP contribution in [0.3, 0.4) is 0 Å². The lowest BCUT2D eigenvalue weighted by molar-refractivity contribution is 0.894. The van der Waals surface area contributed by atoms with Gasteiger partial charge in [0, 0.05) is 17.6 Å². The molecule has 0 aromatic carbocycles. The molecule has 0 saturated heterocycles. The van der Waals surface area contributed by atoms with E-state index in [0.29, 0.717) is 0 Å². The highest BCUT2D eigenvalue weighted by molar-refractivity contribution is 7.79. The molecule has 0 spiro atoms. The highest BCUT2D eigenvalue weighted by Crippen LogP contribution is 2.25. The summed E-state index contributed by atoms with van der Waals surface area (Å²) in [5.74, 6) is 0.856. The summed E-state index contributed by atoms with van der Waals surface area (Å²) in [7, 11) is 0. The Bertz CT molecular complexity index is 239. The molecule has 1 aliphatic carbocycles. The molecular weight excluding hydrogens is 142 g/mol. The zero-order valence-corrected chi connectivity index (χ0v) is 6.75. The SMILES string of the molecule is SCc1[nH]cc2c1CCC2. The first-order chi connectivity index (χ1) is 4.92. The van der Waals surface area contributed by atoms with Gasteiger partial charge in [-0.15, -0.1) is 0 Å². The average Bonchev–Trinajstić information content (AvgIpc) is 2.44. The molecule has 1 heterocycles. The van der Waals surface area contributed by atoms with Crippen LogP contribution in [0.1, 0.15) is 23.2 Å². The van der Waals surface area contributed by atoms with E-state index >= 15 is 0 Å². The van der Waals surface area contributed by atoms with E-state index in [4.69, 9.17) is 0 Å². The number of aromatic amines is 1. The summed E-state index contributed by atoms with van der Waals surface area (Å²) in [5.41, 5.74) is 4.38. The number of aromatic nitrogens is 1. The second kappa shape index (κ2) is 2.35. The Hall–Kier alpha value is -0.370. The molecule has 0 fully saturated rings. The van der Waals surface area contributed by atoms with Crippen LogP contribution in [0, 0.1) is 0 Å². The van der Waals surface area contributed by atoms with Gasteiger partial charge in [0.15, 0.2) is 0 Å². The van der Waals surface area contributed by atoms with Crippen LogP contribution in [0.5, 0.6) is 0 Å². The third kappa shape index (κ3) is 0.788. The van der Waals surface area contributed by atoms with Gasteiger partial charge in [0.05, 0.1) is 0 Å². The predicted molar refractivity (Wildman–Crippen MR) is 45.5 cm³/mol. The van der Waals surface area contributed by atoms with E-state index in [-0.39, 0.29) is 0 Å². The number of fused-ring (bicyclic) bond motifs is 1.